The van der Waals surface area contributed by atoms with Crippen molar-refractivity contribution in [3.63, 3.8) is 0 Å². The molecule has 1 unspecified atom stereocenters. The molecule has 0 radical (unpaired) electrons. The van der Waals surface area contributed by atoms with Gasteiger partial charge >= 0.3 is 0 Å². The van der Waals surface area contributed by atoms with Gasteiger partial charge in [-0.2, -0.15) is 0 Å². The summed E-state index contributed by atoms with van der Waals surface area (Å²) in [4.78, 5) is 0. The van der Waals surface area contributed by atoms with Crippen molar-refractivity contribution in [2.75, 3.05) is 6.54 Å². The number of nitrogens with one attached hydrogen (secondary N) is 1. The summed E-state index contributed by atoms with van der Waals surface area (Å²) in [5, 5.41) is 4.30. The van der Waals surface area contributed by atoms with E-state index in [0.29, 0.717) is 0 Å². The lowest BCUT2D eigenvalue weighted by Crippen LogP contribution is -2.23. The second kappa shape index (κ2) is 6.60. The number of halogens is 2. The quantitative estimate of drug-likeness (QED) is 0.818. The van der Waals surface area contributed by atoms with Gasteiger partial charge in [0, 0.05) is 5.02 Å². The number of rotatable bonds is 5. The maximum atomic E-state index is 6.09. The van der Waals surface area contributed by atoms with E-state index in [0.717, 1.165) is 39.3 Å². The van der Waals surface area contributed by atoms with Gasteiger partial charge < -0.3 is 9.73 Å². The van der Waals surface area contributed by atoms with E-state index in [9.17, 15) is 0 Å². The van der Waals surface area contributed by atoms with Gasteiger partial charge in [0.1, 0.15) is 5.76 Å². The molecule has 19 heavy (non-hydrogen) atoms. The number of benzene rings is 1. The molecule has 0 bridgehead atoms. The van der Waals surface area contributed by atoms with Crippen LogP contribution < -0.4 is 5.32 Å². The first kappa shape index (κ1) is 14.6. The minimum atomic E-state index is 0.0419. The van der Waals surface area contributed by atoms with Crippen LogP contribution in [0.15, 0.2) is 39.4 Å². The van der Waals surface area contributed by atoms with Crippen molar-refractivity contribution in [1.82, 2.24) is 5.32 Å². The zero-order valence-corrected chi connectivity index (χ0v) is 13.4. The molecule has 1 N–H and O–H groups in total. The van der Waals surface area contributed by atoms with E-state index in [4.69, 9.17) is 16.0 Å². The fourth-order valence-electron chi connectivity index (χ4n) is 2.01. The molecule has 2 nitrogen and oxygen atoms in total. The number of hydrogen-bond acceptors (Lipinski definition) is 2. The zero-order chi connectivity index (χ0) is 13.8. The number of hydrogen-bond donors (Lipinski definition) is 1. The molecule has 1 aromatic carbocycles. The molecule has 102 valence electrons. The van der Waals surface area contributed by atoms with Crippen LogP contribution in [0.5, 0.6) is 0 Å². The Morgan fingerprint density at radius 1 is 1.37 bits per heavy atom. The van der Waals surface area contributed by atoms with Crippen molar-refractivity contribution in [2.24, 2.45) is 0 Å². The largest absolute Gasteiger partial charge is 0.466 e. The van der Waals surface area contributed by atoms with Crippen LogP contribution in [-0.4, -0.2) is 6.54 Å². The van der Waals surface area contributed by atoms with Crippen molar-refractivity contribution in [1.29, 1.82) is 0 Å². The summed E-state index contributed by atoms with van der Waals surface area (Å²) in [6.07, 6.45) is 2.77. The minimum absolute atomic E-state index is 0.0419. The van der Waals surface area contributed by atoms with Crippen LogP contribution in [0.2, 0.25) is 5.02 Å². The third-order valence-electron chi connectivity index (χ3n) is 3.02. The molecule has 1 atom stereocenters. The molecule has 4 heteroatoms. The topological polar surface area (TPSA) is 25.2 Å². The van der Waals surface area contributed by atoms with Gasteiger partial charge in [-0.05, 0) is 59.1 Å². The molecular weight excluding hydrogens is 326 g/mol. The Morgan fingerprint density at radius 2 is 2.16 bits per heavy atom. The fraction of sp³-hybridized carbons (Fsp3) is 0.333. The molecule has 0 fully saturated rings. The maximum Gasteiger partial charge on any atom is 0.139 e. The van der Waals surface area contributed by atoms with Gasteiger partial charge in [0.05, 0.1) is 16.8 Å². The minimum Gasteiger partial charge on any atom is -0.466 e. The Bertz CT molecular complexity index is 553. The van der Waals surface area contributed by atoms with E-state index in [1.165, 1.54) is 0 Å². The molecule has 0 saturated carbocycles. The summed E-state index contributed by atoms with van der Waals surface area (Å²) in [7, 11) is 0. The van der Waals surface area contributed by atoms with Crippen molar-refractivity contribution >= 4 is 27.5 Å². The average Bonchev–Trinajstić information content (AvgIpc) is 2.80. The Kier molecular flexibility index (Phi) is 5.08. The number of furan rings is 1. The lowest BCUT2D eigenvalue weighted by Gasteiger charge is -2.18. The molecule has 1 aromatic heterocycles. The highest BCUT2D eigenvalue weighted by atomic mass is 79.9. The first-order valence-electron chi connectivity index (χ1n) is 6.35. The van der Waals surface area contributed by atoms with Crippen molar-refractivity contribution < 1.29 is 4.42 Å². The second-order valence-electron chi connectivity index (χ2n) is 4.53. The Morgan fingerprint density at radius 3 is 2.74 bits per heavy atom. The lowest BCUT2D eigenvalue weighted by molar-refractivity contribution is 0.444. The standard InChI is InChI=1S/C15H17BrClNO/c1-3-7-18-14(15-12(16)6-8-19-15)11-4-5-13(17)10(2)9-11/h4-6,8-9,14,18H,3,7H2,1-2H3. The van der Waals surface area contributed by atoms with E-state index >= 15 is 0 Å². The first-order chi connectivity index (χ1) is 9.13. The zero-order valence-electron chi connectivity index (χ0n) is 11.0. The summed E-state index contributed by atoms with van der Waals surface area (Å²) in [5.74, 6) is 0.898. The molecule has 0 aliphatic rings. The summed E-state index contributed by atoms with van der Waals surface area (Å²) >= 11 is 9.62. The van der Waals surface area contributed by atoms with Crippen molar-refractivity contribution in [3.05, 3.63) is 56.9 Å². The van der Waals surface area contributed by atoms with Gasteiger partial charge in [0.15, 0.2) is 0 Å². The van der Waals surface area contributed by atoms with E-state index in [-0.39, 0.29) is 6.04 Å². The summed E-state index contributed by atoms with van der Waals surface area (Å²) in [6.45, 7) is 5.09. The normalized spacial score (nSPS) is 12.6. The lowest BCUT2D eigenvalue weighted by atomic mass is 10.0. The van der Waals surface area contributed by atoms with Gasteiger partial charge in [-0.1, -0.05) is 30.7 Å². The van der Waals surface area contributed by atoms with Crippen LogP contribution in [0.3, 0.4) is 0 Å². The van der Waals surface area contributed by atoms with Crippen LogP contribution in [0, 0.1) is 6.92 Å². The molecule has 0 aliphatic carbocycles. The van der Waals surface area contributed by atoms with Gasteiger partial charge in [-0.15, -0.1) is 0 Å². The maximum absolute atomic E-state index is 6.09. The fourth-order valence-corrected chi connectivity index (χ4v) is 2.56. The van der Waals surface area contributed by atoms with Crippen molar-refractivity contribution in [3.8, 4) is 0 Å². The molecule has 0 amide bonds. The number of aryl methyl sites for hydroxylation is 1. The van der Waals surface area contributed by atoms with Crippen LogP contribution >= 0.6 is 27.5 Å². The van der Waals surface area contributed by atoms with Crippen molar-refractivity contribution in [2.45, 2.75) is 26.3 Å². The van der Waals surface area contributed by atoms with E-state index < -0.39 is 0 Å². The summed E-state index contributed by atoms with van der Waals surface area (Å²) < 4.78 is 6.59. The highest BCUT2D eigenvalue weighted by Crippen LogP contribution is 2.31. The Hall–Kier alpha value is -0.770. The highest BCUT2D eigenvalue weighted by Gasteiger charge is 2.19. The van der Waals surface area contributed by atoms with Crippen LogP contribution in [0.4, 0.5) is 0 Å². The van der Waals surface area contributed by atoms with Gasteiger partial charge in [-0.25, -0.2) is 0 Å². The monoisotopic (exact) mass is 341 g/mol. The third kappa shape index (κ3) is 3.41. The molecule has 2 rings (SSSR count). The van der Waals surface area contributed by atoms with Crippen LogP contribution in [0.1, 0.15) is 36.3 Å². The van der Waals surface area contributed by atoms with Gasteiger partial charge in [0.25, 0.3) is 0 Å². The van der Waals surface area contributed by atoms with Gasteiger partial charge in [-0.3, -0.25) is 0 Å². The summed E-state index contributed by atoms with van der Waals surface area (Å²) in [6, 6.07) is 8.03. The van der Waals surface area contributed by atoms with Crippen LogP contribution in [0.25, 0.3) is 0 Å². The van der Waals surface area contributed by atoms with E-state index in [1.54, 1.807) is 6.26 Å². The molecule has 1 heterocycles. The molecule has 2 aromatic rings. The Balaban J connectivity index is 2.37. The SMILES string of the molecule is CCCNC(c1ccc(Cl)c(C)c1)c1occc1Br. The predicted octanol–water partition coefficient (Wildman–Crippen LogP) is 5.09. The third-order valence-corrected chi connectivity index (χ3v) is 4.10. The van der Waals surface area contributed by atoms with Gasteiger partial charge in [0.2, 0.25) is 0 Å². The average molecular weight is 343 g/mol. The van der Waals surface area contributed by atoms with E-state index in [1.807, 2.05) is 25.1 Å². The molecule has 0 aliphatic heterocycles. The first-order valence-corrected chi connectivity index (χ1v) is 7.53. The molecular formula is C15H17BrClNO. The van der Waals surface area contributed by atoms with Crippen LogP contribution in [-0.2, 0) is 0 Å². The smallest absolute Gasteiger partial charge is 0.139 e. The van der Waals surface area contributed by atoms with E-state index in [2.05, 4.69) is 34.2 Å². The Labute approximate surface area is 127 Å². The summed E-state index contributed by atoms with van der Waals surface area (Å²) in [5.41, 5.74) is 2.23. The second-order valence-corrected chi connectivity index (χ2v) is 5.79. The highest BCUT2D eigenvalue weighted by molar-refractivity contribution is 9.10. The molecule has 0 saturated heterocycles. The molecule has 0 spiro atoms. The predicted molar refractivity (Wildman–Crippen MR) is 82.7 cm³/mol.